The molecule has 0 saturated carbocycles. The van der Waals surface area contributed by atoms with Crippen LogP contribution in [0.4, 0.5) is 0 Å². The van der Waals surface area contributed by atoms with Gasteiger partial charge in [-0.25, -0.2) is 0 Å². The average Bonchev–Trinajstić information content (AvgIpc) is 2.96. The van der Waals surface area contributed by atoms with Crippen LogP contribution in [-0.4, -0.2) is 44.8 Å². The van der Waals surface area contributed by atoms with Crippen molar-refractivity contribution in [2.75, 3.05) is 39.9 Å². The quantitative estimate of drug-likeness (QED) is 0.514. The molecule has 0 fully saturated rings. The fraction of sp³-hybridized carbons (Fsp3) is 0.467. The maximum Gasteiger partial charge on any atom is 0.124 e. The molecule has 0 amide bonds. The highest BCUT2D eigenvalue weighted by Gasteiger charge is 2.24. The van der Waals surface area contributed by atoms with Crippen molar-refractivity contribution in [3.05, 3.63) is 46.4 Å². The maximum absolute atomic E-state index is 5.85. The van der Waals surface area contributed by atoms with E-state index in [0.29, 0.717) is 26.7 Å². The van der Waals surface area contributed by atoms with Gasteiger partial charge in [-0.1, -0.05) is 23.7 Å². The Morgan fingerprint density at radius 2 is 2.14 bits per heavy atom. The largest absolute Gasteiger partial charge is 0.364 e. The summed E-state index contributed by atoms with van der Waals surface area (Å²) in [6.45, 7) is 4.86. The van der Waals surface area contributed by atoms with Gasteiger partial charge >= 0.3 is 0 Å². The number of halogens is 1. The normalized spacial score (nSPS) is 17.2. The predicted octanol–water partition coefficient (Wildman–Crippen LogP) is 1.01. The molecular formula is C15H21ClN4O2. The lowest BCUT2D eigenvalue weighted by Gasteiger charge is -2.23. The Bertz CT molecular complexity index is 521. The number of hydrogen-bond donors (Lipinski definition) is 3. The third-order valence-corrected chi connectivity index (χ3v) is 3.91. The van der Waals surface area contributed by atoms with Crippen molar-refractivity contribution in [1.29, 1.82) is 0 Å². The molecule has 0 unspecified atom stereocenters. The fourth-order valence-electron chi connectivity index (χ4n) is 2.46. The minimum Gasteiger partial charge on any atom is -0.364 e. The first kappa shape index (κ1) is 15.4. The summed E-state index contributed by atoms with van der Waals surface area (Å²) in [5, 5.41) is 10.5. The van der Waals surface area contributed by atoms with Gasteiger partial charge in [0, 0.05) is 18.1 Å². The van der Waals surface area contributed by atoms with Crippen LogP contribution in [0.15, 0.2) is 35.8 Å². The van der Waals surface area contributed by atoms with E-state index in [1.165, 1.54) is 11.3 Å². The van der Waals surface area contributed by atoms with Crippen LogP contribution in [0.5, 0.6) is 0 Å². The van der Waals surface area contributed by atoms with E-state index < -0.39 is 0 Å². The van der Waals surface area contributed by atoms with E-state index in [9.17, 15) is 0 Å². The van der Waals surface area contributed by atoms with Crippen molar-refractivity contribution >= 4 is 11.6 Å². The van der Waals surface area contributed by atoms with E-state index in [1.807, 2.05) is 24.3 Å². The highest BCUT2D eigenvalue weighted by molar-refractivity contribution is 6.30. The Morgan fingerprint density at radius 1 is 1.27 bits per heavy atom. The van der Waals surface area contributed by atoms with Gasteiger partial charge in [-0.05, 0) is 17.7 Å². The van der Waals surface area contributed by atoms with Crippen molar-refractivity contribution in [3.63, 3.8) is 0 Å². The van der Waals surface area contributed by atoms with Gasteiger partial charge in [-0.15, -0.1) is 0 Å². The van der Waals surface area contributed by atoms with Gasteiger partial charge < -0.3 is 25.0 Å². The van der Waals surface area contributed by atoms with Gasteiger partial charge in [-0.3, -0.25) is 5.32 Å². The lowest BCUT2D eigenvalue weighted by atomic mass is 10.2. The van der Waals surface area contributed by atoms with E-state index in [1.54, 1.807) is 0 Å². The molecule has 6 nitrogen and oxygen atoms in total. The second-order valence-electron chi connectivity index (χ2n) is 5.20. The molecule has 1 aromatic carbocycles. The first-order valence-corrected chi connectivity index (χ1v) is 7.77. The molecule has 22 heavy (non-hydrogen) atoms. The van der Waals surface area contributed by atoms with Crippen molar-refractivity contribution in [2.45, 2.75) is 6.54 Å². The summed E-state index contributed by atoms with van der Waals surface area (Å²) < 4.78 is 11.0. The van der Waals surface area contributed by atoms with Crippen LogP contribution in [0.2, 0.25) is 5.02 Å². The molecule has 120 valence electrons. The Balaban J connectivity index is 1.30. The summed E-state index contributed by atoms with van der Waals surface area (Å²) in [5.74, 6) is 1.09. The monoisotopic (exact) mass is 324 g/mol. The molecule has 0 saturated heterocycles. The summed E-state index contributed by atoms with van der Waals surface area (Å²) >= 11 is 5.85. The molecule has 0 aromatic heterocycles. The summed E-state index contributed by atoms with van der Waals surface area (Å²) in [4.78, 5) is 2.24. The zero-order chi connectivity index (χ0) is 15.2. The number of ether oxygens (including phenoxy) is 2. The lowest BCUT2D eigenvalue weighted by Crippen LogP contribution is -2.32. The van der Waals surface area contributed by atoms with Gasteiger partial charge in [-0.2, -0.15) is 0 Å². The highest BCUT2D eigenvalue weighted by Crippen LogP contribution is 2.15. The molecule has 1 aromatic rings. The van der Waals surface area contributed by atoms with Crippen LogP contribution < -0.4 is 16.0 Å². The second kappa shape index (κ2) is 7.69. The van der Waals surface area contributed by atoms with Gasteiger partial charge in [0.25, 0.3) is 0 Å². The van der Waals surface area contributed by atoms with Crippen LogP contribution in [0.1, 0.15) is 5.56 Å². The molecule has 0 radical (unpaired) electrons. The molecule has 0 bridgehead atoms. The van der Waals surface area contributed by atoms with E-state index in [0.717, 1.165) is 30.6 Å². The van der Waals surface area contributed by atoms with Gasteiger partial charge in [0.05, 0.1) is 32.3 Å². The number of nitrogens with one attached hydrogen (secondary N) is 3. The Morgan fingerprint density at radius 3 is 3.00 bits per heavy atom. The third kappa shape index (κ3) is 4.04. The van der Waals surface area contributed by atoms with E-state index in [-0.39, 0.29) is 0 Å². The highest BCUT2D eigenvalue weighted by atomic mass is 35.5. The standard InChI is InChI=1S/C15H21ClN4O2/c16-13-3-1-12(2-4-13)7-17-10-21-6-5-20-9-18-15-14(20)8-22-11-19-15/h1-4,17-19H,5-11H2. The number of benzene rings is 1. The van der Waals surface area contributed by atoms with Crippen LogP contribution >= 0.6 is 11.6 Å². The van der Waals surface area contributed by atoms with Crippen molar-refractivity contribution < 1.29 is 9.47 Å². The molecule has 3 rings (SSSR count). The predicted molar refractivity (Wildman–Crippen MR) is 84.8 cm³/mol. The SMILES string of the molecule is Clc1ccc(CNCOCCN2CNC3=C2COCN3)cc1. The molecule has 2 aliphatic rings. The number of hydrogen-bond acceptors (Lipinski definition) is 6. The molecule has 3 N–H and O–H groups in total. The van der Waals surface area contributed by atoms with Crippen molar-refractivity contribution in [3.8, 4) is 0 Å². The van der Waals surface area contributed by atoms with E-state index in [4.69, 9.17) is 21.1 Å². The smallest absolute Gasteiger partial charge is 0.124 e. The molecular weight excluding hydrogens is 304 g/mol. The third-order valence-electron chi connectivity index (χ3n) is 3.66. The van der Waals surface area contributed by atoms with E-state index in [2.05, 4.69) is 20.9 Å². The summed E-state index contributed by atoms with van der Waals surface area (Å²) in [5.41, 5.74) is 2.38. The number of rotatable bonds is 7. The minimum atomic E-state index is 0.532. The van der Waals surface area contributed by atoms with Gasteiger partial charge in [0.2, 0.25) is 0 Å². The second-order valence-corrected chi connectivity index (χ2v) is 5.63. The molecule has 0 aliphatic carbocycles. The zero-order valence-electron chi connectivity index (χ0n) is 12.4. The van der Waals surface area contributed by atoms with Crippen LogP contribution in [-0.2, 0) is 16.0 Å². The first-order chi connectivity index (χ1) is 10.8. The Kier molecular flexibility index (Phi) is 5.39. The molecule has 7 heteroatoms. The van der Waals surface area contributed by atoms with Crippen LogP contribution in [0.25, 0.3) is 0 Å². The molecule has 2 aliphatic heterocycles. The molecule has 0 atom stereocenters. The molecule has 2 heterocycles. The van der Waals surface area contributed by atoms with Gasteiger partial charge in [0.15, 0.2) is 0 Å². The lowest BCUT2D eigenvalue weighted by molar-refractivity contribution is 0.0842. The fourth-order valence-corrected chi connectivity index (χ4v) is 2.59. The maximum atomic E-state index is 5.85. The van der Waals surface area contributed by atoms with Crippen LogP contribution in [0.3, 0.4) is 0 Å². The van der Waals surface area contributed by atoms with Crippen molar-refractivity contribution in [2.24, 2.45) is 0 Å². The average molecular weight is 325 g/mol. The van der Waals surface area contributed by atoms with E-state index >= 15 is 0 Å². The summed E-state index contributed by atoms with van der Waals surface area (Å²) in [7, 11) is 0. The van der Waals surface area contributed by atoms with Crippen LogP contribution in [0, 0.1) is 0 Å². The number of nitrogens with zero attached hydrogens (tertiary/aromatic N) is 1. The first-order valence-electron chi connectivity index (χ1n) is 7.39. The van der Waals surface area contributed by atoms with Gasteiger partial charge in [0.1, 0.15) is 12.6 Å². The Hall–Kier alpha value is -1.47. The topological polar surface area (TPSA) is 57.8 Å². The summed E-state index contributed by atoms with van der Waals surface area (Å²) in [6, 6.07) is 7.81. The minimum absolute atomic E-state index is 0.532. The molecule has 0 spiro atoms. The zero-order valence-corrected chi connectivity index (χ0v) is 13.2. The summed E-state index contributed by atoms with van der Waals surface area (Å²) in [6.07, 6.45) is 0. The Labute approximate surface area is 135 Å². The van der Waals surface area contributed by atoms with Crippen molar-refractivity contribution in [1.82, 2.24) is 20.9 Å².